The van der Waals surface area contributed by atoms with Crippen molar-refractivity contribution in [1.29, 1.82) is 0 Å². The van der Waals surface area contributed by atoms with Crippen molar-refractivity contribution in [3.8, 4) is 0 Å². The van der Waals surface area contributed by atoms with Crippen molar-refractivity contribution in [2.75, 3.05) is 0 Å². The molecular formula is C89H150O7. The molecule has 7 nitrogen and oxygen atoms in total. The third kappa shape index (κ3) is 26.8. The Hall–Kier alpha value is -2.31. The first-order chi connectivity index (χ1) is 46.6. The number of fused-ring (bicyclic) bond motifs is 10. The number of carbonyl (C=O) groups excluding carboxylic acids is 7. The molecule has 8 aliphatic rings. The van der Waals surface area contributed by atoms with Crippen LogP contribution < -0.4 is 0 Å². The van der Waals surface area contributed by atoms with Crippen molar-refractivity contribution >= 4 is 40.5 Å². The highest BCUT2D eigenvalue weighted by molar-refractivity contribution is 5.93. The lowest BCUT2D eigenvalue weighted by Gasteiger charge is -2.46. The predicted molar refractivity (Wildman–Crippen MR) is 398 cm³/mol. The molecule has 0 aromatic heterocycles. The normalized spacial score (nSPS) is 33.3. The molecule has 0 N–H and O–H groups in total. The summed E-state index contributed by atoms with van der Waals surface area (Å²) in [5.74, 6) is 6.27. The van der Waals surface area contributed by atoms with Crippen LogP contribution in [-0.2, 0) is 33.6 Å². The van der Waals surface area contributed by atoms with Crippen LogP contribution in [-0.4, -0.2) is 40.5 Å². The van der Waals surface area contributed by atoms with E-state index in [2.05, 4.69) is 6.92 Å². The lowest BCUT2D eigenvalue weighted by atomic mass is 9.58. The Kier molecular flexibility index (Phi) is 36.1. The van der Waals surface area contributed by atoms with Gasteiger partial charge >= 0.3 is 0 Å². The van der Waals surface area contributed by atoms with Gasteiger partial charge in [-0.1, -0.05) is 270 Å². The van der Waals surface area contributed by atoms with Gasteiger partial charge in [-0.3, -0.25) is 19.2 Å². The summed E-state index contributed by atoms with van der Waals surface area (Å²) < 4.78 is 0. The van der Waals surface area contributed by atoms with E-state index in [0.29, 0.717) is 79.5 Å². The summed E-state index contributed by atoms with van der Waals surface area (Å²) in [6.07, 6.45) is 70.3. The molecule has 0 aromatic carbocycles. The number of rotatable bonds is 26. The molecule has 8 fully saturated rings. The van der Waals surface area contributed by atoms with Crippen LogP contribution in [0.1, 0.15) is 419 Å². The molecule has 0 radical (unpaired) electrons. The van der Waals surface area contributed by atoms with Gasteiger partial charge in [-0.05, 0) is 181 Å². The lowest BCUT2D eigenvalue weighted by Crippen LogP contribution is -2.44. The van der Waals surface area contributed by atoms with E-state index in [1.165, 1.54) is 231 Å². The fraction of sp³-hybridized carbons (Fsp3) is 0.921. The Morgan fingerprint density at radius 3 is 1.60 bits per heavy atom. The minimum Gasteiger partial charge on any atom is -0.300 e. The van der Waals surface area contributed by atoms with Crippen LogP contribution in [0.5, 0.6) is 0 Å². The molecule has 0 aromatic rings. The molecule has 8 aliphatic carbocycles. The minimum absolute atomic E-state index is 0.000425. The van der Waals surface area contributed by atoms with E-state index in [1.807, 2.05) is 0 Å². The molecule has 2 bridgehead atoms. The Balaban J connectivity index is 1.03. The zero-order valence-corrected chi connectivity index (χ0v) is 63.2. The molecule has 548 valence electrons. The molecular weight excluding hydrogens is 1180 g/mol. The zero-order valence-electron chi connectivity index (χ0n) is 63.2. The number of hydrogen-bond donors (Lipinski definition) is 0. The van der Waals surface area contributed by atoms with Crippen LogP contribution in [0.2, 0.25) is 0 Å². The smallest absolute Gasteiger partial charge is 0.140 e. The maximum Gasteiger partial charge on any atom is 0.140 e. The topological polar surface area (TPSA) is 119 Å². The predicted octanol–water partition coefficient (Wildman–Crippen LogP) is 24.8. The summed E-state index contributed by atoms with van der Waals surface area (Å²) in [5.41, 5.74) is 0.0102. The third-order valence-corrected chi connectivity index (χ3v) is 28.7. The van der Waals surface area contributed by atoms with E-state index in [4.69, 9.17) is 0 Å². The maximum atomic E-state index is 16.3. The quantitative estimate of drug-likeness (QED) is 0.0791. The summed E-state index contributed by atoms with van der Waals surface area (Å²) in [7, 11) is 0. The molecule has 17 atom stereocenters. The van der Waals surface area contributed by atoms with Crippen LogP contribution in [0.15, 0.2) is 0 Å². The van der Waals surface area contributed by atoms with Gasteiger partial charge in [-0.15, -0.1) is 0 Å². The number of hydrogen-bond acceptors (Lipinski definition) is 7. The van der Waals surface area contributed by atoms with Crippen molar-refractivity contribution in [2.45, 2.75) is 419 Å². The Labute approximate surface area is 590 Å². The van der Waals surface area contributed by atoms with Crippen molar-refractivity contribution in [2.24, 2.45) is 100 Å². The molecule has 13 unspecified atom stereocenters. The second kappa shape index (κ2) is 43.6. The van der Waals surface area contributed by atoms with Crippen LogP contribution in [0.3, 0.4) is 0 Å². The average molecular weight is 1330 g/mol. The molecule has 7 heteroatoms. The number of Topliss-reactive ketones (excluding diaryl/α,β-unsaturated/α-hetero) is 7. The fourth-order valence-electron chi connectivity index (χ4n) is 23.2. The first-order valence-electron chi connectivity index (χ1n) is 43.2. The zero-order chi connectivity index (χ0) is 67.9. The van der Waals surface area contributed by atoms with Gasteiger partial charge in [0.1, 0.15) is 40.5 Å². The molecule has 0 heterocycles. The van der Waals surface area contributed by atoms with Gasteiger partial charge in [0, 0.05) is 68.1 Å². The first-order valence-corrected chi connectivity index (χ1v) is 43.2. The number of ketones is 7. The Morgan fingerprint density at radius 2 is 0.979 bits per heavy atom. The third-order valence-electron chi connectivity index (χ3n) is 28.7. The summed E-state index contributed by atoms with van der Waals surface area (Å²) in [6.45, 7) is 7.78. The summed E-state index contributed by atoms with van der Waals surface area (Å²) in [5, 5.41) is 0. The first kappa shape index (κ1) is 79.4. The number of carbonyl (C=O) groups is 7. The van der Waals surface area contributed by atoms with Gasteiger partial charge in [0.05, 0.1) is 0 Å². The SMILES string of the molecule is CC(=O)CCCCC[C@@](C)(C[C@@H](CC1CCC2CCCCC2C1)C(=O)CC1CCCCC1C(=O)C[C@@H](CCC(C)=O)C1CCCC(C(=O)C[C@H]2CC3CCCCC3C(CC(C)=O)C2=O)C1)C1CCCCCCCCCCC2CCCCCCCCCCCC1CCCCCCC2. The van der Waals surface area contributed by atoms with Crippen molar-refractivity contribution < 1.29 is 33.6 Å². The van der Waals surface area contributed by atoms with E-state index in [9.17, 15) is 24.0 Å². The van der Waals surface area contributed by atoms with Crippen molar-refractivity contribution in [3.63, 3.8) is 0 Å². The second-order valence-electron chi connectivity index (χ2n) is 36.1. The average Bonchev–Trinajstić information content (AvgIpc) is 0.810. The van der Waals surface area contributed by atoms with E-state index >= 15 is 9.59 Å². The molecule has 8 rings (SSSR count). The molecule has 0 spiro atoms. The molecule has 0 aliphatic heterocycles. The van der Waals surface area contributed by atoms with Crippen LogP contribution in [0.4, 0.5) is 0 Å². The van der Waals surface area contributed by atoms with E-state index in [1.54, 1.807) is 20.8 Å². The molecule has 8 saturated carbocycles. The molecule has 0 amide bonds. The standard InChI is InChI=1S/C89H150O7/c1-66(90)37-22-21-35-56-89(4,84-51-28-20-13-9-8-11-16-24-39-69-38-23-15-10-6-5-7-12-18-26-42-72(84)43-27-19-14-17-25-40-69)65-80(59-70-53-55-71-41-29-30-44-73(71)58-70)86(94)63-77-46-32-34-50-82(77)87(95)62-75(54-52-67(2)91)74-47-36-48-78(60-74)85(93)64-79-61-76-45-31-33-49-81(76)83(88(79)96)57-68(3)92/h69-84H,5-65H2,1-4H3/t69?,70?,71?,72?,73?,74?,75-,76?,77?,78?,79-,80-,81?,82?,83?,84?,89+/m1/s1. The highest BCUT2D eigenvalue weighted by atomic mass is 16.2. The van der Waals surface area contributed by atoms with Crippen LogP contribution in [0.25, 0.3) is 0 Å². The Morgan fingerprint density at radius 1 is 0.438 bits per heavy atom. The number of unbranched alkanes of at least 4 members (excludes halogenated alkanes) is 2. The summed E-state index contributed by atoms with van der Waals surface area (Å²) in [4.78, 5) is 98.4. The van der Waals surface area contributed by atoms with Gasteiger partial charge < -0.3 is 14.4 Å². The largest absolute Gasteiger partial charge is 0.300 e. The van der Waals surface area contributed by atoms with Gasteiger partial charge in [-0.25, -0.2) is 0 Å². The van der Waals surface area contributed by atoms with Gasteiger partial charge in [-0.2, -0.15) is 0 Å². The van der Waals surface area contributed by atoms with E-state index < -0.39 is 0 Å². The van der Waals surface area contributed by atoms with Crippen molar-refractivity contribution in [3.05, 3.63) is 0 Å². The summed E-state index contributed by atoms with van der Waals surface area (Å²) >= 11 is 0. The highest BCUT2D eigenvalue weighted by Gasteiger charge is 2.48. The van der Waals surface area contributed by atoms with Gasteiger partial charge in [0.25, 0.3) is 0 Å². The van der Waals surface area contributed by atoms with E-state index in [-0.39, 0.29) is 88.2 Å². The Bertz CT molecular complexity index is 2300. The molecule has 0 saturated heterocycles. The van der Waals surface area contributed by atoms with Crippen LogP contribution >= 0.6 is 0 Å². The lowest BCUT2D eigenvalue weighted by molar-refractivity contribution is -0.141. The van der Waals surface area contributed by atoms with Crippen molar-refractivity contribution in [1.82, 2.24) is 0 Å². The monoisotopic (exact) mass is 1330 g/mol. The minimum atomic E-state index is -0.295. The molecule has 96 heavy (non-hydrogen) atoms. The van der Waals surface area contributed by atoms with E-state index in [0.717, 1.165) is 133 Å². The highest BCUT2D eigenvalue weighted by Crippen LogP contribution is 2.53. The van der Waals surface area contributed by atoms with Crippen LogP contribution in [0, 0.1) is 100 Å². The summed E-state index contributed by atoms with van der Waals surface area (Å²) in [6, 6.07) is 0. The van der Waals surface area contributed by atoms with Gasteiger partial charge in [0.2, 0.25) is 0 Å². The van der Waals surface area contributed by atoms with Gasteiger partial charge in [0.15, 0.2) is 0 Å². The fourth-order valence-corrected chi connectivity index (χ4v) is 23.2. The maximum absolute atomic E-state index is 16.3. The second-order valence-corrected chi connectivity index (χ2v) is 36.1.